The summed E-state index contributed by atoms with van der Waals surface area (Å²) in [6.07, 6.45) is 0. The van der Waals surface area contributed by atoms with Crippen LogP contribution >= 0.6 is 0 Å². The third kappa shape index (κ3) is 6.20. The van der Waals surface area contributed by atoms with Gasteiger partial charge in [-0.3, -0.25) is 4.79 Å². The highest BCUT2D eigenvalue weighted by Crippen LogP contribution is 2.08. The van der Waals surface area contributed by atoms with Gasteiger partial charge in [0, 0.05) is 6.54 Å². The van der Waals surface area contributed by atoms with Gasteiger partial charge in [0.2, 0.25) is 0 Å². The fourth-order valence-corrected chi connectivity index (χ4v) is 1.72. The van der Waals surface area contributed by atoms with Gasteiger partial charge in [-0.25, -0.2) is 0 Å². The molecule has 0 bridgehead atoms. The molecule has 0 fully saturated rings. The monoisotopic (exact) mass is 277 g/mol. The third-order valence-corrected chi connectivity index (χ3v) is 3.68. The van der Waals surface area contributed by atoms with E-state index in [-0.39, 0.29) is 11.9 Å². The first-order valence-corrected chi connectivity index (χ1v) is 7.42. The first kappa shape index (κ1) is 16.7. The molecule has 0 aliphatic heterocycles. The first-order chi connectivity index (χ1) is 9.50. The van der Waals surface area contributed by atoms with E-state index in [0.717, 1.165) is 12.1 Å². The zero-order chi connectivity index (χ0) is 15.0. The van der Waals surface area contributed by atoms with E-state index in [2.05, 4.69) is 26.1 Å². The second kappa shape index (κ2) is 8.75. The minimum absolute atomic E-state index is 0.113. The average Bonchev–Trinajstić information content (AvgIpc) is 2.45. The lowest BCUT2D eigenvalue weighted by molar-refractivity contribution is -0.149. The van der Waals surface area contributed by atoms with Crippen LogP contribution in [-0.4, -0.2) is 19.1 Å². The molecular formula is C17H27NO2. The van der Waals surface area contributed by atoms with Crippen LogP contribution in [0.1, 0.15) is 33.3 Å². The molecule has 2 unspecified atom stereocenters. The van der Waals surface area contributed by atoms with Crippen molar-refractivity contribution in [2.24, 2.45) is 17.8 Å². The molecule has 112 valence electrons. The van der Waals surface area contributed by atoms with E-state index in [0.29, 0.717) is 25.0 Å². The molecule has 0 saturated heterocycles. The van der Waals surface area contributed by atoms with Crippen LogP contribution in [0.5, 0.6) is 0 Å². The first-order valence-electron chi connectivity index (χ1n) is 7.42. The predicted octanol–water partition coefficient (Wildman–Crippen LogP) is 3.25. The van der Waals surface area contributed by atoms with Gasteiger partial charge in [-0.05, 0) is 23.9 Å². The van der Waals surface area contributed by atoms with E-state index in [1.165, 1.54) is 0 Å². The Balaban J connectivity index is 2.22. The quantitative estimate of drug-likeness (QED) is 0.741. The SMILES string of the molecule is CC(CNCC(C)C(C)C)C(=O)OCc1ccccc1. The van der Waals surface area contributed by atoms with Crippen LogP contribution in [0.3, 0.4) is 0 Å². The van der Waals surface area contributed by atoms with Crippen molar-refractivity contribution in [1.29, 1.82) is 0 Å². The Morgan fingerprint density at radius 2 is 1.75 bits per heavy atom. The van der Waals surface area contributed by atoms with Crippen LogP contribution < -0.4 is 5.32 Å². The zero-order valence-electron chi connectivity index (χ0n) is 13.1. The van der Waals surface area contributed by atoms with Gasteiger partial charge in [-0.2, -0.15) is 0 Å². The van der Waals surface area contributed by atoms with E-state index < -0.39 is 0 Å². The summed E-state index contributed by atoms with van der Waals surface area (Å²) in [4.78, 5) is 11.9. The fraction of sp³-hybridized carbons (Fsp3) is 0.588. The van der Waals surface area contributed by atoms with Crippen LogP contribution in [0.15, 0.2) is 30.3 Å². The van der Waals surface area contributed by atoms with Crippen molar-refractivity contribution in [2.75, 3.05) is 13.1 Å². The molecule has 1 aromatic carbocycles. The maximum atomic E-state index is 11.9. The minimum Gasteiger partial charge on any atom is -0.461 e. The summed E-state index contributed by atoms with van der Waals surface area (Å²) in [6, 6.07) is 9.76. The third-order valence-electron chi connectivity index (χ3n) is 3.68. The van der Waals surface area contributed by atoms with Crippen molar-refractivity contribution in [3.05, 3.63) is 35.9 Å². The maximum Gasteiger partial charge on any atom is 0.310 e. The van der Waals surface area contributed by atoms with Crippen molar-refractivity contribution in [3.8, 4) is 0 Å². The number of hydrogen-bond donors (Lipinski definition) is 1. The van der Waals surface area contributed by atoms with Crippen LogP contribution in [0, 0.1) is 17.8 Å². The van der Waals surface area contributed by atoms with E-state index in [1.54, 1.807) is 0 Å². The number of hydrogen-bond acceptors (Lipinski definition) is 3. The lowest BCUT2D eigenvalue weighted by atomic mass is 9.98. The Hall–Kier alpha value is -1.35. The smallest absolute Gasteiger partial charge is 0.310 e. The topological polar surface area (TPSA) is 38.3 Å². The second-order valence-corrected chi connectivity index (χ2v) is 5.87. The summed E-state index contributed by atoms with van der Waals surface area (Å²) in [5.74, 6) is 1.02. The van der Waals surface area contributed by atoms with Crippen LogP contribution in [0.2, 0.25) is 0 Å². The van der Waals surface area contributed by atoms with E-state index in [4.69, 9.17) is 4.74 Å². The van der Waals surface area contributed by atoms with Crippen molar-refractivity contribution in [3.63, 3.8) is 0 Å². The number of rotatable bonds is 8. The lowest BCUT2D eigenvalue weighted by Crippen LogP contribution is -2.31. The molecule has 1 rings (SSSR count). The number of benzene rings is 1. The van der Waals surface area contributed by atoms with Gasteiger partial charge in [0.25, 0.3) is 0 Å². The van der Waals surface area contributed by atoms with Crippen LogP contribution in [-0.2, 0) is 16.1 Å². The highest BCUT2D eigenvalue weighted by atomic mass is 16.5. The summed E-state index contributed by atoms with van der Waals surface area (Å²) in [6.45, 7) is 10.5. The predicted molar refractivity (Wildman–Crippen MR) is 82.3 cm³/mol. The molecule has 0 saturated carbocycles. The standard InChI is InChI=1S/C17H27NO2/c1-13(2)14(3)10-18-11-15(4)17(19)20-12-16-8-6-5-7-9-16/h5-9,13-15,18H,10-12H2,1-4H3. The van der Waals surface area contributed by atoms with Gasteiger partial charge in [0.05, 0.1) is 5.92 Å². The Morgan fingerprint density at radius 1 is 1.10 bits per heavy atom. The van der Waals surface area contributed by atoms with Crippen LogP contribution in [0.25, 0.3) is 0 Å². The number of ether oxygens (including phenoxy) is 1. The van der Waals surface area contributed by atoms with Gasteiger partial charge in [-0.15, -0.1) is 0 Å². The van der Waals surface area contributed by atoms with E-state index in [1.807, 2.05) is 37.3 Å². The van der Waals surface area contributed by atoms with Gasteiger partial charge < -0.3 is 10.1 Å². The number of carbonyl (C=O) groups excluding carboxylic acids is 1. The fourth-order valence-electron chi connectivity index (χ4n) is 1.72. The molecule has 3 heteroatoms. The molecule has 20 heavy (non-hydrogen) atoms. The van der Waals surface area contributed by atoms with E-state index >= 15 is 0 Å². The molecule has 0 radical (unpaired) electrons. The van der Waals surface area contributed by atoms with Gasteiger partial charge in [0.1, 0.15) is 6.61 Å². The highest BCUT2D eigenvalue weighted by molar-refractivity contribution is 5.72. The number of esters is 1. The molecular weight excluding hydrogens is 250 g/mol. The molecule has 3 nitrogen and oxygen atoms in total. The lowest BCUT2D eigenvalue weighted by Gasteiger charge is -2.18. The molecule has 1 N–H and O–H groups in total. The molecule has 0 aliphatic carbocycles. The molecule has 2 atom stereocenters. The molecule has 0 aliphatic rings. The Morgan fingerprint density at radius 3 is 2.35 bits per heavy atom. The highest BCUT2D eigenvalue weighted by Gasteiger charge is 2.15. The number of carbonyl (C=O) groups is 1. The number of nitrogens with one attached hydrogen (secondary N) is 1. The van der Waals surface area contributed by atoms with Crippen LogP contribution in [0.4, 0.5) is 0 Å². The summed E-state index contributed by atoms with van der Waals surface area (Å²) >= 11 is 0. The Labute approximate surface area is 122 Å². The maximum absolute atomic E-state index is 11.9. The molecule has 0 aromatic heterocycles. The van der Waals surface area contributed by atoms with E-state index in [9.17, 15) is 4.79 Å². The molecule has 0 amide bonds. The van der Waals surface area contributed by atoms with Gasteiger partial charge in [-0.1, -0.05) is 58.0 Å². The molecule has 1 aromatic rings. The molecule has 0 heterocycles. The van der Waals surface area contributed by atoms with Crippen molar-refractivity contribution in [2.45, 2.75) is 34.3 Å². The zero-order valence-corrected chi connectivity index (χ0v) is 13.1. The average molecular weight is 277 g/mol. The van der Waals surface area contributed by atoms with Gasteiger partial charge >= 0.3 is 5.97 Å². The summed E-state index contributed by atoms with van der Waals surface area (Å²) in [5.41, 5.74) is 1.02. The van der Waals surface area contributed by atoms with Crippen molar-refractivity contribution < 1.29 is 9.53 Å². The Kier molecular flexibility index (Phi) is 7.31. The van der Waals surface area contributed by atoms with Crippen molar-refractivity contribution >= 4 is 5.97 Å². The summed E-state index contributed by atoms with van der Waals surface area (Å²) in [5, 5.41) is 3.34. The van der Waals surface area contributed by atoms with Crippen molar-refractivity contribution in [1.82, 2.24) is 5.32 Å². The molecule has 0 spiro atoms. The summed E-state index contributed by atoms with van der Waals surface area (Å²) < 4.78 is 5.32. The Bertz CT molecular complexity index is 389. The van der Waals surface area contributed by atoms with Gasteiger partial charge in [0.15, 0.2) is 0 Å². The summed E-state index contributed by atoms with van der Waals surface area (Å²) in [7, 11) is 0. The minimum atomic E-state index is -0.140. The second-order valence-electron chi connectivity index (χ2n) is 5.87. The largest absolute Gasteiger partial charge is 0.461 e. The normalized spacial score (nSPS) is 14.1.